The first-order chi connectivity index (χ1) is 15.7. The molecule has 1 amide bonds. The van der Waals surface area contributed by atoms with Crippen molar-refractivity contribution in [3.63, 3.8) is 0 Å². The maximum Gasteiger partial charge on any atom is 0.266 e. The molecule has 1 aliphatic heterocycles. The van der Waals surface area contributed by atoms with E-state index in [0.29, 0.717) is 23.0 Å². The van der Waals surface area contributed by atoms with Crippen molar-refractivity contribution in [2.24, 2.45) is 0 Å². The lowest BCUT2D eigenvalue weighted by Gasteiger charge is -2.28. The van der Waals surface area contributed by atoms with Gasteiger partial charge in [-0.25, -0.2) is 4.98 Å². The average Bonchev–Trinajstić information content (AvgIpc) is 3.17. The third-order valence-electron chi connectivity index (χ3n) is 6.97. The number of thiophene rings is 1. The molecule has 6 rings (SSSR count). The van der Waals surface area contributed by atoms with Crippen molar-refractivity contribution >= 4 is 33.1 Å². The van der Waals surface area contributed by atoms with E-state index in [1.807, 2.05) is 11.0 Å². The summed E-state index contributed by atoms with van der Waals surface area (Å²) in [5.41, 5.74) is 13.5. The topological polar surface area (TPSA) is 59.2 Å². The minimum atomic E-state index is 0.0279. The number of nitrogens with two attached hydrogens (primary N) is 1. The van der Waals surface area contributed by atoms with E-state index < -0.39 is 0 Å². The number of aromatic nitrogens is 1. The summed E-state index contributed by atoms with van der Waals surface area (Å²) >= 11 is 1.45. The second-order valence-electron chi connectivity index (χ2n) is 8.89. The number of fused-ring (bicyclic) bond motifs is 3. The monoisotopic (exact) mass is 439 g/mol. The first-order valence-electron chi connectivity index (χ1n) is 11.3. The van der Waals surface area contributed by atoms with E-state index in [1.165, 1.54) is 33.6 Å². The van der Waals surface area contributed by atoms with E-state index in [-0.39, 0.29) is 5.91 Å². The number of nitrogens with zero attached hydrogens (tertiary/aromatic N) is 2. The quantitative estimate of drug-likeness (QED) is 0.458. The van der Waals surface area contributed by atoms with Gasteiger partial charge in [0.1, 0.15) is 9.71 Å². The summed E-state index contributed by atoms with van der Waals surface area (Å²) in [6, 6.07) is 21.3. The van der Waals surface area contributed by atoms with Crippen LogP contribution >= 0.6 is 11.3 Å². The normalized spacial score (nSPS) is 17.8. The van der Waals surface area contributed by atoms with Crippen LogP contribution in [0.5, 0.6) is 0 Å². The third-order valence-corrected chi connectivity index (χ3v) is 8.07. The van der Waals surface area contributed by atoms with Crippen LogP contribution in [0.25, 0.3) is 10.2 Å². The van der Waals surface area contributed by atoms with Crippen molar-refractivity contribution in [3.05, 3.63) is 93.5 Å². The highest BCUT2D eigenvalue weighted by Gasteiger charge is 2.28. The Bertz CT molecular complexity index is 1330. The van der Waals surface area contributed by atoms with Gasteiger partial charge in [-0.3, -0.25) is 4.79 Å². The van der Waals surface area contributed by atoms with Crippen LogP contribution < -0.4 is 5.73 Å². The summed E-state index contributed by atoms with van der Waals surface area (Å²) in [7, 11) is 0. The predicted octanol–water partition coefficient (Wildman–Crippen LogP) is 5.35. The summed E-state index contributed by atoms with van der Waals surface area (Å²) in [5.74, 6) is 0.539. The lowest BCUT2D eigenvalue weighted by atomic mass is 9.82. The number of aryl methyl sites for hydroxylation is 1. The smallest absolute Gasteiger partial charge is 0.266 e. The van der Waals surface area contributed by atoms with Gasteiger partial charge in [-0.05, 0) is 59.9 Å². The molecular weight excluding hydrogens is 414 g/mol. The molecule has 0 saturated heterocycles. The Morgan fingerprint density at radius 1 is 1.00 bits per heavy atom. The molecule has 1 aliphatic carbocycles. The summed E-state index contributed by atoms with van der Waals surface area (Å²) in [5, 5.41) is 0.934. The highest BCUT2D eigenvalue weighted by molar-refractivity contribution is 7.21. The molecule has 0 radical (unpaired) electrons. The zero-order valence-electron chi connectivity index (χ0n) is 17.9. The van der Waals surface area contributed by atoms with Crippen LogP contribution in [0.2, 0.25) is 0 Å². The summed E-state index contributed by atoms with van der Waals surface area (Å²) in [6.45, 7) is 1.37. The summed E-state index contributed by atoms with van der Waals surface area (Å²) in [6.07, 6.45) is 3.94. The molecule has 2 aliphatic rings. The molecule has 0 saturated carbocycles. The van der Waals surface area contributed by atoms with Gasteiger partial charge >= 0.3 is 0 Å². The molecule has 3 heterocycles. The van der Waals surface area contributed by atoms with Crippen molar-refractivity contribution in [2.75, 3.05) is 12.3 Å². The van der Waals surface area contributed by atoms with Crippen LogP contribution in [-0.4, -0.2) is 22.3 Å². The Morgan fingerprint density at radius 2 is 1.78 bits per heavy atom. The SMILES string of the molecule is Nc1c(C(=O)N2CCc3ccccc3C2)sc2nc3c(cc12)C[C@@H](c1ccccc1)CC3. The molecule has 0 spiro atoms. The molecule has 1 atom stereocenters. The maximum absolute atomic E-state index is 13.4. The molecule has 0 fully saturated rings. The minimum Gasteiger partial charge on any atom is -0.397 e. The first-order valence-corrected chi connectivity index (χ1v) is 12.1. The number of carbonyl (C=O) groups excluding carboxylic acids is 1. The fraction of sp³-hybridized carbons (Fsp3) is 0.259. The van der Waals surface area contributed by atoms with Gasteiger partial charge in [0, 0.05) is 24.2 Å². The molecule has 2 aromatic carbocycles. The lowest BCUT2D eigenvalue weighted by molar-refractivity contribution is 0.0740. The van der Waals surface area contributed by atoms with Crippen molar-refractivity contribution in [2.45, 2.75) is 38.1 Å². The standard InChI is InChI=1S/C27H25N3OS/c28-24-22-15-21-14-19(17-6-2-1-3-7-17)10-11-23(21)29-26(22)32-25(24)27(31)30-13-12-18-8-4-5-9-20(18)16-30/h1-9,15,19H,10-14,16,28H2/t19-/m0/s1. The van der Waals surface area contributed by atoms with Crippen molar-refractivity contribution in [3.8, 4) is 0 Å². The number of pyridine rings is 1. The van der Waals surface area contributed by atoms with E-state index >= 15 is 0 Å². The van der Waals surface area contributed by atoms with E-state index in [0.717, 1.165) is 48.1 Å². The second-order valence-corrected chi connectivity index (χ2v) is 9.89. The number of benzene rings is 2. The van der Waals surface area contributed by atoms with Gasteiger partial charge in [0.15, 0.2) is 0 Å². The summed E-state index contributed by atoms with van der Waals surface area (Å²) in [4.78, 5) is 21.8. The Morgan fingerprint density at radius 3 is 2.62 bits per heavy atom. The van der Waals surface area contributed by atoms with Crippen molar-refractivity contribution < 1.29 is 4.79 Å². The molecule has 32 heavy (non-hydrogen) atoms. The van der Waals surface area contributed by atoms with E-state index in [9.17, 15) is 4.79 Å². The van der Waals surface area contributed by atoms with Gasteiger partial charge in [-0.1, -0.05) is 54.6 Å². The average molecular weight is 440 g/mol. The van der Waals surface area contributed by atoms with E-state index in [2.05, 4.69) is 54.6 Å². The molecular formula is C27H25N3OS. The van der Waals surface area contributed by atoms with Crippen LogP contribution in [0, 0.1) is 0 Å². The highest BCUT2D eigenvalue weighted by Crippen LogP contribution is 2.39. The Labute approximate surface area is 191 Å². The largest absolute Gasteiger partial charge is 0.397 e. The molecule has 0 bridgehead atoms. The van der Waals surface area contributed by atoms with Gasteiger partial charge in [0.25, 0.3) is 5.91 Å². The Balaban J connectivity index is 1.31. The van der Waals surface area contributed by atoms with Gasteiger partial charge < -0.3 is 10.6 Å². The van der Waals surface area contributed by atoms with Crippen LogP contribution in [0.15, 0.2) is 60.7 Å². The van der Waals surface area contributed by atoms with Crippen molar-refractivity contribution in [1.82, 2.24) is 9.88 Å². The fourth-order valence-corrected chi connectivity index (χ4v) is 6.24. The highest BCUT2D eigenvalue weighted by atomic mass is 32.1. The maximum atomic E-state index is 13.4. The Hall–Kier alpha value is -3.18. The van der Waals surface area contributed by atoms with Gasteiger partial charge in [0.2, 0.25) is 0 Å². The number of amides is 1. The van der Waals surface area contributed by atoms with E-state index in [1.54, 1.807) is 0 Å². The number of rotatable bonds is 2. The fourth-order valence-electron chi connectivity index (χ4n) is 5.17. The van der Waals surface area contributed by atoms with Crippen LogP contribution in [0.4, 0.5) is 5.69 Å². The van der Waals surface area contributed by atoms with Crippen LogP contribution in [-0.2, 0) is 25.8 Å². The van der Waals surface area contributed by atoms with Crippen molar-refractivity contribution in [1.29, 1.82) is 0 Å². The molecule has 0 unspecified atom stereocenters. The van der Waals surface area contributed by atoms with Crippen LogP contribution in [0.1, 0.15) is 50.0 Å². The van der Waals surface area contributed by atoms with Gasteiger partial charge in [0.05, 0.1) is 5.69 Å². The zero-order valence-corrected chi connectivity index (χ0v) is 18.7. The number of hydrogen-bond donors (Lipinski definition) is 1. The van der Waals surface area contributed by atoms with E-state index in [4.69, 9.17) is 10.7 Å². The Kier molecular flexibility index (Phi) is 4.72. The minimum absolute atomic E-state index is 0.0279. The van der Waals surface area contributed by atoms with Crippen LogP contribution in [0.3, 0.4) is 0 Å². The molecule has 4 nitrogen and oxygen atoms in total. The molecule has 5 heteroatoms. The van der Waals surface area contributed by atoms with Gasteiger partial charge in [-0.15, -0.1) is 11.3 Å². The van der Waals surface area contributed by atoms with Gasteiger partial charge in [-0.2, -0.15) is 0 Å². The lowest BCUT2D eigenvalue weighted by Crippen LogP contribution is -2.35. The second kappa shape index (κ2) is 7.75. The number of carbonyl (C=O) groups is 1. The molecule has 160 valence electrons. The first kappa shape index (κ1) is 19.5. The zero-order chi connectivity index (χ0) is 21.7. The number of anilines is 1. The molecule has 2 N–H and O–H groups in total. The summed E-state index contributed by atoms with van der Waals surface area (Å²) < 4.78 is 0. The number of hydrogen-bond acceptors (Lipinski definition) is 4. The molecule has 2 aromatic heterocycles. The molecule has 4 aromatic rings. The predicted molar refractivity (Wildman–Crippen MR) is 130 cm³/mol. The number of nitrogen functional groups attached to an aromatic ring is 1. The third kappa shape index (κ3) is 3.28.